The Morgan fingerprint density at radius 1 is 1.25 bits per heavy atom. The van der Waals surface area contributed by atoms with Gasteiger partial charge in [-0.3, -0.25) is 0 Å². The van der Waals surface area contributed by atoms with Crippen molar-refractivity contribution in [3.05, 3.63) is 0 Å². The molecular formula is C14H30N2. The van der Waals surface area contributed by atoms with E-state index in [4.69, 9.17) is 5.73 Å². The summed E-state index contributed by atoms with van der Waals surface area (Å²) in [5.41, 5.74) is 5.61. The number of nitrogens with two attached hydrogens (primary N) is 1. The van der Waals surface area contributed by atoms with Crippen LogP contribution in [-0.4, -0.2) is 19.1 Å². The molecule has 1 fully saturated rings. The molecule has 1 saturated carbocycles. The van der Waals surface area contributed by atoms with E-state index < -0.39 is 0 Å². The molecule has 3 atom stereocenters. The molecular weight excluding hydrogens is 196 g/mol. The highest BCUT2D eigenvalue weighted by Gasteiger charge is 2.15. The number of rotatable bonds is 6. The third kappa shape index (κ3) is 5.86. The molecule has 2 nitrogen and oxygen atoms in total. The summed E-state index contributed by atoms with van der Waals surface area (Å²) in [5, 5.41) is 3.72. The van der Waals surface area contributed by atoms with E-state index in [1.54, 1.807) is 0 Å². The summed E-state index contributed by atoms with van der Waals surface area (Å²) < 4.78 is 0. The van der Waals surface area contributed by atoms with Gasteiger partial charge in [-0.25, -0.2) is 0 Å². The van der Waals surface area contributed by atoms with Crippen LogP contribution in [0, 0.1) is 11.8 Å². The second-order valence-electron chi connectivity index (χ2n) is 5.75. The van der Waals surface area contributed by atoms with Crippen LogP contribution in [-0.2, 0) is 0 Å². The summed E-state index contributed by atoms with van der Waals surface area (Å²) in [4.78, 5) is 0. The summed E-state index contributed by atoms with van der Waals surface area (Å²) in [6.07, 6.45) is 9.58. The van der Waals surface area contributed by atoms with E-state index in [0.717, 1.165) is 18.5 Å². The molecule has 0 saturated heterocycles. The molecule has 96 valence electrons. The molecule has 1 rings (SSSR count). The summed E-state index contributed by atoms with van der Waals surface area (Å²) in [7, 11) is 0. The van der Waals surface area contributed by atoms with E-state index in [9.17, 15) is 0 Å². The van der Waals surface area contributed by atoms with Crippen LogP contribution in [0.5, 0.6) is 0 Å². The monoisotopic (exact) mass is 226 g/mol. The lowest BCUT2D eigenvalue weighted by Crippen LogP contribution is -2.29. The Morgan fingerprint density at radius 2 is 2.06 bits per heavy atom. The smallest absolute Gasteiger partial charge is 0.00671 e. The lowest BCUT2D eigenvalue weighted by Gasteiger charge is -2.17. The van der Waals surface area contributed by atoms with Crippen LogP contribution in [0.15, 0.2) is 0 Å². The lowest BCUT2D eigenvalue weighted by molar-refractivity contribution is 0.426. The van der Waals surface area contributed by atoms with Gasteiger partial charge in [-0.1, -0.05) is 26.7 Å². The zero-order valence-corrected chi connectivity index (χ0v) is 11.2. The first-order chi connectivity index (χ1) is 7.72. The van der Waals surface area contributed by atoms with Gasteiger partial charge in [0.2, 0.25) is 0 Å². The second kappa shape index (κ2) is 8.08. The number of hydrogen-bond acceptors (Lipinski definition) is 2. The van der Waals surface area contributed by atoms with E-state index in [1.165, 1.54) is 51.5 Å². The first kappa shape index (κ1) is 14.0. The van der Waals surface area contributed by atoms with E-state index in [-0.39, 0.29) is 0 Å². The zero-order chi connectivity index (χ0) is 11.8. The maximum absolute atomic E-state index is 5.61. The summed E-state index contributed by atoms with van der Waals surface area (Å²) in [6.45, 7) is 6.66. The van der Waals surface area contributed by atoms with Crippen LogP contribution < -0.4 is 11.1 Å². The fourth-order valence-corrected chi connectivity index (χ4v) is 2.57. The molecule has 0 radical (unpaired) electrons. The molecule has 0 heterocycles. The molecule has 1 aliphatic rings. The van der Waals surface area contributed by atoms with Crippen molar-refractivity contribution in [2.45, 2.75) is 64.8 Å². The summed E-state index contributed by atoms with van der Waals surface area (Å²) in [6, 6.07) is 0.790. The average Bonchev–Trinajstić information content (AvgIpc) is 2.49. The minimum atomic E-state index is 0.691. The quantitative estimate of drug-likeness (QED) is 0.540. The number of nitrogens with one attached hydrogen (secondary N) is 1. The molecule has 1 aliphatic carbocycles. The molecule has 0 aromatic heterocycles. The van der Waals surface area contributed by atoms with Crippen molar-refractivity contribution < 1.29 is 0 Å². The van der Waals surface area contributed by atoms with Crippen LogP contribution >= 0.6 is 0 Å². The van der Waals surface area contributed by atoms with Crippen molar-refractivity contribution in [2.24, 2.45) is 17.6 Å². The predicted molar refractivity (Wildman–Crippen MR) is 71.5 cm³/mol. The van der Waals surface area contributed by atoms with Gasteiger partial charge in [0.25, 0.3) is 0 Å². The van der Waals surface area contributed by atoms with Gasteiger partial charge in [0.15, 0.2) is 0 Å². The van der Waals surface area contributed by atoms with Gasteiger partial charge in [0.05, 0.1) is 0 Å². The molecule has 0 aliphatic heterocycles. The molecule has 0 bridgehead atoms. The van der Waals surface area contributed by atoms with Crippen LogP contribution in [0.2, 0.25) is 0 Å². The highest BCUT2D eigenvalue weighted by atomic mass is 14.9. The normalized spacial score (nSPS) is 28.7. The molecule has 0 aromatic rings. The van der Waals surface area contributed by atoms with Gasteiger partial charge >= 0.3 is 0 Å². The molecule has 2 heteroatoms. The van der Waals surface area contributed by atoms with Gasteiger partial charge in [0, 0.05) is 6.04 Å². The molecule has 3 unspecified atom stereocenters. The Hall–Kier alpha value is -0.0800. The Balaban J connectivity index is 2.03. The summed E-state index contributed by atoms with van der Waals surface area (Å²) >= 11 is 0. The fourth-order valence-electron chi connectivity index (χ4n) is 2.57. The molecule has 0 amide bonds. The molecule has 0 aromatic carbocycles. The third-order valence-corrected chi connectivity index (χ3v) is 3.97. The van der Waals surface area contributed by atoms with Gasteiger partial charge in [0.1, 0.15) is 0 Å². The zero-order valence-electron chi connectivity index (χ0n) is 11.2. The maximum atomic E-state index is 5.61. The van der Waals surface area contributed by atoms with Crippen LogP contribution in [0.4, 0.5) is 0 Å². The third-order valence-electron chi connectivity index (χ3n) is 3.97. The predicted octanol–water partition coefficient (Wildman–Crippen LogP) is 2.92. The second-order valence-corrected chi connectivity index (χ2v) is 5.75. The maximum Gasteiger partial charge on any atom is 0.00671 e. The van der Waals surface area contributed by atoms with Gasteiger partial charge in [-0.2, -0.15) is 0 Å². The first-order valence-electron chi connectivity index (χ1n) is 7.15. The van der Waals surface area contributed by atoms with Crippen molar-refractivity contribution in [3.8, 4) is 0 Å². The van der Waals surface area contributed by atoms with E-state index in [1.807, 2.05) is 0 Å². The van der Waals surface area contributed by atoms with Crippen molar-refractivity contribution >= 4 is 0 Å². The Morgan fingerprint density at radius 3 is 2.81 bits per heavy atom. The van der Waals surface area contributed by atoms with Crippen LogP contribution in [0.1, 0.15) is 58.8 Å². The van der Waals surface area contributed by atoms with E-state index >= 15 is 0 Å². The van der Waals surface area contributed by atoms with Gasteiger partial charge in [-0.15, -0.1) is 0 Å². The van der Waals surface area contributed by atoms with Crippen LogP contribution in [0.3, 0.4) is 0 Å². The van der Waals surface area contributed by atoms with Crippen LogP contribution in [0.25, 0.3) is 0 Å². The Kier molecular flexibility index (Phi) is 7.06. The van der Waals surface area contributed by atoms with Gasteiger partial charge < -0.3 is 11.1 Å². The van der Waals surface area contributed by atoms with Crippen molar-refractivity contribution in [2.75, 3.05) is 13.1 Å². The van der Waals surface area contributed by atoms with Gasteiger partial charge in [-0.05, 0) is 57.0 Å². The van der Waals surface area contributed by atoms with Crippen molar-refractivity contribution in [1.29, 1.82) is 0 Å². The van der Waals surface area contributed by atoms with E-state index in [2.05, 4.69) is 19.2 Å². The van der Waals surface area contributed by atoms with E-state index in [0.29, 0.717) is 5.92 Å². The first-order valence-corrected chi connectivity index (χ1v) is 7.15. The molecule has 0 spiro atoms. The molecule has 3 N–H and O–H groups in total. The highest BCUT2D eigenvalue weighted by molar-refractivity contribution is 4.73. The largest absolute Gasteiger partial charge is 0.330 e. The standard InChI is InChI=1S/C14H30N2/c1-12-5-3-7-14(9-8-12)16-10-4-6-13(2)11-15/h12-14,16H,3-11,15H2,1-2H3. The van der Waals surface area contributed by atoms with Crippen molar-refractivity contribution in [3.63, 3.8) is 0 Å². The average molecular weight is 226 g/mol. The summed E-state index contributed by atoms with van der Waals surface area (Å²) in [5.74, 6) is 1.64. The fraction of sp³-hybridized carbons (Fsp3) is 1.00. The lowest BCUT2D eigenvalue weighted by atomic mass is 10.0. The molecule has 16 heavy (non-hydrogen) atoms. The Bertz CT molecular complexity index is 170. The minimum absolute atomic E-state index is 0.691. The Labute approximate surface area is 101 Å². The topological polar surface area (TPSA) is 38.0 Å². The SMILES string of the molecule is CC(CN)CCCNC1CCCC(C)CC1. The van der Waals surface area contributed by atoms with Crippen molar-refractivity contribution in [1.82, 2.24) is 5.32 Å². The minimum Gasteiger partial charge on any atom is -0.330 e. The highest BCUT2D eigenvalue weighted by Crippen LogP contribution is 2.22. The number of hydrogen-bond donors (Lipinski definition) is 2.